The quantitative estimate of drug-likeness (QED) is 0.813. The molecule has 0 bridgehead atoms. The fourth-order valence-electron chi connectivity index (χ4n) is 1.36. The summed E-state index contributed by atoms with van der Waals surface area (Å²) < 4.78 is 1.13. The van der Waals surface area contributed by atoms with Gasteiger partial charge in [0.1, 0.15) is 5.82 Å². The lowest BCUT2D eigenvalue weighted by molar-refractivity contribution is 0.0687. The molecule has 0 aliphatic rings. The van der Waals surface area contributed by atoms with Crippen molar-refractivity contribution in [3.05, 3.63) is 47.3 Å². The first-order valence-electron chi connectivity index (χ1n) is 5.66. The highest BCUT2D eigenvalue weighted by molar-refractivity contribution is 6.33. The number of hydrogen-bond acceptors (Lipinski definition) is 3. The number of carbonyl (C=O) groups is 1. The SMILES string of the molecule is C=C/C=C\C(Cl)=C(/N)n1nc(C(C)C)cc1C(=O)O. The van der Waals surface area contributed by atoms with Crippen LogP contribution in [0, 0.1) is 0 Å². The summed E-state index contributed by atoms with van der Waals surface area (Å²) in [5.41, 5.74) is 6.45. The fourth-order valence-corrected chi connectivity index (χ4v) is 1.51. The van der Waals surface area contributed by atoms with E-state index < -0.39 is 5.97 Å². The Bertz CT molecular complexity index is 556. The average Bonchev–Trinajstić information content (AvgIpc) is 2.80. The second-order valence-corrected chi connectivity index (χ2v) is 4.56. The largest absolute Gasteiger partial charge is 0.477 e. The van der Waals surface area contributed by atoms with Gasteiger partial charge in [-0.25, -0.2) is 9.48 Å². The third-order valence-corrected chi connectivity index (χ3v) is 2.71. The van der Waals surface area contributed by atoms with Crippen LogP contribution in [0.25, 0.3) is 5.82 Å². The minimum atomic E-state index is -1.11. The van der Waals surface area contributed by atoms with E-state index in [9.17, 15) is 4.79 Å². The van der Waals surface area contributed by atoms with E-state index in [1.807, 2.05) is 13.8 Å². The summed E-state index contributed by atoms with van der Waals surface area (Å²) in [5, 5.41) is 13.5. The summed E-state index contributed by atoms with van der Waals surface area (Å²) in [5.74, 6) is -0.960. The van der Waals surface area contributed by atoms with Crippen LogP contribution in [0.15, 0.2) is 35.9 Å². The summed E-state index contributed by atoms with van der Waals surface area (Å²) in [6.07, 6.45) is 4.66. The van der Waals surface area contributed by atoms with Gasteiger partial charge in [0.05, 0.1) is 10.7 Å². The monoisotopic (exact) mass is 281 g/mol. The maximum Gasteiger partial charge on any atom is 0.354 e. The molecule has 6 heteroatoms. The zero-order valence-electron chi connectivity index (χ0n) is 10.8. The minimum Gasteiger partial charge on any atom is -0.477 e. The van der Waals surface area contributed by atoms with Crippen LogP contribution >= 0.6 is 11.6 Å². The lowest BCUT2D eigenvalue weighted by atomic mass is 10.1. The number of aromatic carboxylic acids is 1. The number of halogens is 1. The van der Waals surface area contributed by atoms with E-state index in [-0.39, 0.29) is 22.5 Å². The van der Waals surface area contributed by atoms with Gasteiger partial charge in [-0.2, -0.15) is 5.10 Å². The molecular formula is C13H16ClN3O2. The highest BCUT2D eigenvalue weighted by Crippen LogP contribution is 2.19. The van der Waals surface area contributed by atoms with E-state index in [1.54, 1.807) is 6.08 Å². The molecule has 0 atom stereocenters. The van der Waals surface area contributed by atoms with E-state index in [2.05, 4.69) is 11.7 Å². The highest BCUT2D eigenvalue weighted by Gasteiger charge is 2.18. The lowest BCUT2D eigenvalue weighted by Crippen LogP contribution is -2.15. The summed E-state index contributed by atoms with van der Waals surface area (Å²) in [6, 6.07) is 1.49. The molecule has 0 spiro atoms. The van der Waals surface area contributed by atoms with Crippen LogP contribution in [0.4, 0.5) is 0 Å². The number of rotatable bonds is 5. The molecule has 1 aromatic heterocycles. The summed E-state index contributed by atoms with van der Waals surface area (Å²) in [7, 11) is 0. The van der Waals surface area contributed by atoms with Crippen molar-refractivity contribution < 1.29 is 9.90 Å². The number of allylic oxidation sites excluding steroid dienone is 4. The molecule has 0 aromatic carbocycles. The van der Waals surface area contributed by atoms with Crippen LogP contribution in [0.1, 0.15) is 35.9 Å². The zero-order valence-corrected chi connectivity index (χ0v) is 11.6. The van der Waals surface area contributed by atoms with Gasteiger partial charge in [0.2, 0.25) is 0 Å². The maximum absolute atomic E-state index is 11.2. The molecule has 0 aliphatic heterocycles. The van der Waals surface area contributed by atoms with E-state index in [0.717, 1.165) is 4.68 Å². The number of carboxylic acids is 1. The fraction of sp³-hybridized carbons (Fsp3) is 0.231. The van der Waals surface area contributed by atoms with Crippen LogP contribution in [0.2, 0.25) is 0 Å². The molecule has 0 unspecified atom stereocenters. The highest BCUT2D eigenvalue weighted by atomic mass is 35.5. The van der Waals surface area contributed by atoms with Crippen molar-refractivity contribution in [1.29, 1.82) is 0 Å². The van der Waals surface area contributed by atoms with Gasteiger partial charge in [0.25, 0.3) is 0 Å². The molecule has 3 N–H and O–H groups in total. The Hall–Kier alpha value is -2.01. The predicted octanol–water partition coefficient (Wildman–Crippen LogP) is 2.77. The molecule has 1 aromatic rings. The minimum absolute atomic E-state index is 0.0219. The van der Waals surface area contributed by atoms with E-state index >= 15 is 0 Å². The van der Waals surface area contributed by atoms with Crippen LogP contribution in [0.3, 0.4) is 0 Å². The standard InChI is InChI=1S/C13H16ClN3O2/c1-4-5-6-9(14)12(15)17-11(13(18)19)7-10(16-17)8(2)3/h4-8H,1,15H2,2-3H3,(H,18,19)/b6-5-,12-9-. The summed E-state index contributed by atoms with van der Waals surface area (Å²) >= 11 is 5.98. The van der Waals surface area contributed by atoms with Crippen LogP contribution in [-0.4, -0.2) is 20.9 Å². The van der Waals surface area contributed by atoms with Crippen LogP contribution in [-0.2, 0) is 0 Å². The van der Waals surface area contributed by atoms with Gasteiger partial charge in [-0.15, -0.1) is 0 Å². The predicted molar refractivity (Wildman–Crippen MR) is 75.9 cm³/mol. The molecule has 102 valence electrons. The second-order valence-electron chi connectivity index (χ2n) is 4.15. The van der Waals surface area contributed by atoms with Crippen LogP contribution < -0.4 is 5.73 Å². The number of nitrogens with zero attached hydrogens (tertiary/aromatic N) is 2. The first kappa shape index (κ1) is 15.0. The molecular weight excluding hydrogens is 266 g/mol. The topological polar surface area (TPSA) is 81.1 Å². The molecule has 0 amide bonds. The third-order valence-electron chi connectivity index (χ3n) is 2.39. The first-order valence-corrected chi connectivity index (χ1v) is 6.04. The van der Waals surface area contributed by atoms with E-state index in [1.165, 1.54) is 18.2 Å². The summed E-state index contributed by atoms with van der Waals surface area (Å²) in [4.78, 5) is 11.2. The maximum atomic E-state index is 11.2. The molecule has 1 rings (SSSR count). The second kappa shape index (κ2) is 6.24. The number of hydrogen-bond donors (Lipinski definition) is 2. The Morgan fingerprint density at radius 3 is 2.74 bits per heavy atom. The molecule has 1 heterocycles. The number of nitrogens with two attached hydrogens (primary N) is 1. The van der Waals surface area contributed by atoms with Gasteiger partial charge in [-0.05, 0) is 18.1 Å². The number of carboxylic acid groups (broad SMARTS) is 1. The Balaban J connectivity index is 3.36. The zero-order chi connectivity index (χ0) is 14.6. The Kier molecular flexibility index (Phi) is 4.94. The van der Waals surface area contributed by atoms with Gasteiger partial charge in [0, 0.05) is 0 Å². The molecule has 19 heavy (non-hydrogen) atoms. The van der Waals surface area contributed by atoms with Crippen molar-refractivity contribution in [1.82, 2.24) is 9.78 Å². The smallest absolute Gasteiger partial charge is 0.354 e. The molecule has 0 aliphatic carbocycles. The van der Waals surface area contributed by atoms with Crippen molar-refractivity contribution >= 4 is 23.4 Å². The van der Waals surface area contributed by atoms with Gasteiger partial charge in [-0.3, -0.25) is 0 Å². The summed E-state index contributed by atoms with van der Waals surface area (Å²) in [6.45, 7) is 7.34. The van der Waals surface area contributed by atoms with Crippen molar-refractivity contribution in [3.63, 3.8) is 0 Å². The van der Waals surface area contributed by atoms with Crippen molar-refractivity contribution in [2.45, 2.75) is 19.8 Å². The first-order chi connectivity index (χ1) is 8.88. The third kappa shape index (κ3) is 3.48. The lowest BCUT2D eigenvalue weighted by Gasteiger charge is -2.05. The molecule has 0 saturated carbocycles. The van der Waals surface area contributed by atoms with Crippen molar-refractivity contribution in [2.24, 2.45) is 5.73 Å². The normalized spacial score (nSPS) is 12.8. The van der Waals surface area contributed by atoms with Gasteiger partial charge in [0.15, 0.2) is 5.69 Å². The van der Waals surface area contributed by atoms with E-state index in [0.29, 0.717) is 5.69 Å². The van der Waals surface area contributed by atoms with Crippen LogP contribution in [0.5, 0.6) is 0 Å². The molecule has 0 radical (unpaired) electrons. The Labute approximate surface area is 116 Å². The Morgan fingerprint density at radius 2 is 2.26 bits per heavy atom. The number of aromatic nitrogens is 2. The van der Waals surface area contributed by atoms with Gasteiger partial charge < -0.3 is 10.8 Å². The molecule has 5 nitrogen and oxygen atoms in total. The Morgan fingerprint density at radius 1 is 1.63 bits per heavy atom. The molecule has 0 fully saturated rings. The van der Waals surface area contributed by atoms with Gasteiger partial charge >= 0.3 is 5.97 Å². The van der Waals surface area contributed by atoms with Crippen molar-refractivity contribution in [2.75, 3.05) is 0 Å². The molecule has 0 saturated heterocycles. The van der Waals surface area contributed by atoms with Crippen molar-refractivity contribution in [3.8, 4) is 0 Å². The average molecular weight is 282 g/mol. The van der Waals surface area contributed by atoms with E-state index in [4.69, 9.17) is 22.4 Å². The van der Waals surface area contributed by atoms with Gasteiger partial charge in [-0.1, -0.05) is 44.2 Å².